The lowest BCUT2D eigenvalue weighted by molar-refractivity contribution is 0.745. The maximum absolute atomic E-state index is 3.15. The molecule has 0 amide bonds. The van der Waals surface area contributed by atoms with Gasteiger partial charge in [0.25, 0.3) is 0 Å². The van der Waals surface area contributed by atoms with Crippen molar-refractivity contribution in [2.24, 2.45) is 0 Å². The van der Waals surface area contributed by atoms with Gasteiger partial charge in [0.2, 0.25) is 0 Å². The molecule has 1 aromatic carbocycles. The molecule has 0 fully saturated rings. The SMILES string of the molecule is [c]1cc2c3c(c1)CC3C=C2. The van der Waals surface area contributed by atoms with Crippen molar-refractivity contribution < 1.29 is 0 Å². The van der Waals surface area contributed by atoms with Crippen LogP contribution in [0.25, 0.3) is 6.08 Å². The van der Waals surface area contributed by atoms with E-state index in [1.807, 2.05) is 0 Å². The normalized spacial score (nSPS) is 24.2. The van der Waals surface area contributed by atoms with E-state index in [0.717, 1.165) is 5.92 Å². The van der Waals surface area contributed by atoms with Crippen LogP contribution in [-0.2, 0) is 6.42 Å². The van der Waals surface area contributed by atoms with Crippen LogP contribution in [-0.4, -0.2) is 0 Å². The molecule has 1 atom stereocenters. The minimum Gasteiger partial charge on any atom is -0.0760 e. The summed E-state index contributed by atoms with van der Waals surface area (Å²) in [7, 11) is 0. The van der Waals surface area contributed by atoms with Crippen molar-refractivity contribution in [1.29, 1.82) is 0 Å². The molecular weight excluding hydrogens is 120 g/mol. The first-order chi connectivity index (χ1) is 4.95. The van der Waals surface area contributed by atoms with Gasteiger partial charge in [-0.05, 0) is 35.2 Å². The maximum Gasteiger partial charge on any atom is 0.00704 e. The topological polar surface area (TPSA) is 0 Å². The second-order valence-corrected chi connectivity index (χ2v) is 3.02. The van der Waals surface area contributed by atoms with Gasteiger partial charge in [-0.15, -0.1) is 0 Å². The molecule has 47 valence electrons. The molecule has 0 saturated heterocycles. The first-order valence-corrected chi connectivity index (χ1v) is 3.66. The summed E-state index contributed by atoms with van der Waals surface area (Å²) in [6, 6.07) is 7.34. The molecule has 0 aromatic heterocycles. The van der Waals surface area contributed by atoms with Gasteiger partial charge in [0.15, 0.2) is 0 Å². The fourth-order valence-electron chi connectivity index (χ4n) is 1.92. The van der Waals surface area contributed by atoms with E-state index < -0.39 is 0 Å². The zero-order chi connectivity index (χ0) is 6.55. The molecule has 0 heterocycles. The Morgan fingerprint density at radius 3 is 3.30 bits per heavy atom. The van der Waals surface area contributed by atoms with Crippen LogP contribution in [0.15, 0.2) is 18.2 Å². The minimum absolute atomic E-state index is 0.764. The van der Waals surface area contributed by atoms with Crippen LogP contribution in [0.1, 0.15) is 22.6 Å². The van der Waals surface area contributed by atoms with E-state index in [9.17, 15) is 0 Å². The van der Waals surface area contributed by atoms with Gasteiger partial charge in [-0.3, -0.25) is 0 Å². The summed E-state index contributed by atoms with van der Waals surface area (Å²) in [6.07, 6.45) is 5.76. The molecule has 2 aliphatic carbocycles. The van der Waals surface area contributed by atoms with Gasteiger partial charge >= 0.3 is 0 Å². The largest absolute Gasteiger partial charge is 0.0760 e. The van der Waals surface area contributed by atoms with Crippen LogP contribution >= 0.6 is 0 Å². The van der Waals surface area contributed by atoms with Gasteiger partial charge in [0.1, 0.15) is 0 Å². The molecule has 0 N–H and O–H groups in total. The van der Waals surface area contributed by atoms with Crippen LogP contribution < -0.4 is 0 Å². The molecule has 2 aliphatic rings. The molecule has 0 bridgehead atoms. The third-order valence-corrected chi connectivity index (χ3v) is 2.47. The van der Waals surface area contributed by atoms with Crippen molar-refractivity contribution in [3.63, 3.8) is 0 Å². The summed E-state index contributed by atoms with van der Waals surface area (Å²) < 4.78 is 0. The fraction of sp³-hybridized carbons (Fsp3) is 0.200. The Morgan fingerprint density at radius 2 is 2.40 bits per heavy atom. The Hall–Kier alpha value is -1.04. The summed E-state index contributed by atoms with van der Waals surface area (Å²) in [5.74, 6) is 0.764. The summed E-state index contributed by atoms with van der Waals surface area (Å²) in [5.41, 5.74) is 4.47. The highest BCUT2D eigenvalue weighted by Crippen LogP contribution is 2.43. The van der Waals surface area contributed by atoms with Crippen LogP contribution in [0, 0.1) is 6.07 Å². The molecule has 3 rings (SSSR count). The van der Waals surface area contributed by atoms with Crippen LogP contribution in [0.3, 0.4) is 0 Å². The van der Waals surface area contributed by atoms with Crippen molar-refractivity contribution >= 4 is 6.08 Å². The monoisotopic (exact) mass is 127 g/mol. The van der Waals surface area contributed by atoms with E-state index in [1.54, 1.807) is 5.56 Å². The third-order valence-electron chi connectivity index (χ3n) is 2.47. The summed E-state index contributed by atoms with van der Waals surface area (Å²) in [6.45, 7) is 0. The molecule has 1 aromatic rings. The number of benzene rings is 1. The predicted molar refractivity (Wildman–Crippen MR) is 40.8 cm³/mol. The van der Waals surface area contributed by atoms with E-state index in [4.69, 9.17) is 0 Å². The van der Waals surface area contributed by atoms with Crippen LogP contribution in [0.5, 0.6) is 0 Å². The Morgan fingerprint density at radius 1 is 1.40 bits per heavy atom. The van der Waals surface area contributed by atoms with Crippen LogP contribution in [0.4, 0.5) is 0 Å². The van der Waals surface area contributed by atoms with Gasteiger partial charge in [-0.2, -0.15) is 0 Å². The van der Waals surface area contributed by atoms with Gasteiger partial charge in [-0.25, -0.2) is 0 Å². The second-order valence-electron chi connectivity index (χ2n) is 3.02. The highest BCUT2D eigenvalue weighted by Gasteiger charge is 2.28. The molecule has 1 unspecified atom stereocenters. The molecule has 0 aliphatic heterocycles. The average molecular weight is 127 g/mol. The number of hydrogen-bond donors (Lipinski definition) is 0. The lowest BCUT2D eigenvalue weighted by atomic mass is 9.79. The minimum atomic E-state index is 0.764. The molecular formula is C10H7. The van der Waals surface area contributed by atoms with Crippen LogP contribution in [0.2, 0.25) is 0 Å². The van der Waals surface area contributed by atoms with Crippen molar-refractivity contribution in [2.45, 2.75) is 12.3 Å². The van der Waals surface area contributed by atoms with Gasteiger partial charge < -0.3 is 0 Å². The lowest BCUT2D eigenvalue weighted by Crippen LogP contribution is -2.12. The first-order valence-electron chi connectivity index (χ1n) is 3.66. The predicted octanol–water partition coefficient (Wildman–Crippen LogP) is 2.15. The molecule has 1 radical (unpaired) electrons. The lowest BCUT2D eigenvalue weighted by Gasteiger charge is -2.25. The molecule has 0 nitrogen and oxygen atoms in total. The van der Waals surface area contributed by atoms with E-state index in [1.165, 1.54) is 17.5 Å². The number of rotatable bonds is 0. The van der Waals surface area contributed by atoms with Gasteiger partial charge in [0.05, 0.1) is 0 Å². The average Bonchev–Trinajstić information content (AvgIpc) is 2.25. The summed E-state index contributed by atoms with van der Waals surface area (Å²) in [4.78, 5) is 0. The van der Waals surface area contributed by atoms with Crippen molar-refractivity contribution in [3.8, 4) is 0 Å². The molecule has 0 saturated carbocycles. The van der Waals surface area contributed by atoms with Gasteiger partial charge in [0, 0.05) is 5.92 Å². The smallest absolute Gasteiger partial charge is 0.00704 e. The quantitative estimate of drug-likeness (QED) is 0.501. The van der Waals surface area contributed by atoms with E-state index >= 15 is 0 Å². The zero-order valence-corrected chi connectivity index (χ0v) is 5.59. The summed E-state index contributed by atoms with van der Waals surface area (Å²) >= 11 is 0. The molecule has 0 heteroatoms. The first kappa shape index (κ1) is 4.73. The zero-order valence-electron chi connectivity index (χ0n) is 5.59. The van der Waals surface area contributed by atoms with E-state index in [0.29, 0.717) is 0 Å². The highest BCUT2D eigenvalue weighted by molar-refractivity contribution is 5.68. The second kappa shape index (κ2) is 1.34. The number of hydrogen-bond acceptors (Lipinski definition) is 0. The molecule has 10 heavy (non-hydrogen) atoms. The Kier molecular flexibility index (Phi) is 0.634. The Bertz CT molecular complexity index is 321. The van der Waals surface area contributed by atoms with Gasteiger partial charge in [-0.1, -0.05) is 18.2 Å². The Labute approximate surface area is 60.2 Å². The van der Waals surface area contributed by atoms with E-state index in [2.05, 4.69) is 30.4 Å². The standard InChI is InChI=1S/C10H7/c1-2-7-4-5-9-6-8(3-1)10(7)9/h2-5,9H,6H2. The van der Waals surface area contributed by atoms with E-state index in [-0.39, 0.29) is 0 Å². The van der Waals surface area contributed by atoms with Crippen molar-refractivity contribution in [3.05, 3.63) is 41.0 Å². The number of allylic oxidation sites excluding steroid dienone is 1. The summed E-state index contributed by atoms with van der Waals surface area (Å²) in [5, 5.41) is 0. The van der Waals surface area contributed by atoms with Crippen molar-refractivity contribution in [1.82, 2.24) is 0 Å². The molecule has 0 spiro atoms. The van der Waals surface area contributed by atoms with Crippen molar-refractivity contribution in [2.75, 3.05) is 0 Å². The Balaban J connectivity index is 2.42. The highest BCUT2D eigenvalue weighted by atomic mass is 14.3. The third kappa shape index (κ3) is 0.367. The fourth-order valence-corrected chi connectivity index (χ4v) is 1.92. The maximum atomic E-state index is 3.15.